The fraction of sp³-hybridized carbons (Fsp3) is 0.333. The maximum absolute atomic E-state index is 12.1. The second-order valence-electron chi connectivity index (χ2n) is 5.23. The zero-order chi connectivity index (χ0) is 14.7. The number of nitrogens with zero attached hydrogens (tertiary/aromatic N) is 1. The van der Waals surface area contributed by atoms with Gasteiger partial charge in [0.1, 0.15) is 5.69 Å². The number of halogens is 1. The monoisotopic (exact) mass is 322 g/mol. The van der Waals surface area contributed by atoms with Gasteiger partial charge in [0.2, 0.25) is 0 Å². The first-order valence-corrected chi connectivity index (χ1v) is 7.02. The minimum absolute atomic E-state index is 0. The number of H-pyrrole nitrogens is 1. The minimum Gasteiger partial charge on any atom is -0.391 e. The summed E-state index contributed by atoms with van der Waals surface area (Å²) < 4.78 is 0. The van der Waals surface area contributed by atoms with E-state index in [1.165, 1.54) is 0 Å². The highest BCUT2D eigenvalue weighted by atomic mass is 35.5. The fourth-order valence-corrected chi connectivity index (χ4v) is 2.44. The van der Waals surface area contributed by atoms with E-state index in [1.807, 2.05) is 30.3 Å². The van der Waals surface area contributed by atoms with E-state index in [0.717, 1.165) is 17.8 Å². The van der Waals surface area contributed by atoms with Gasteiger partial charge in [-0.3, -0.25) is 9.89 Å². The van der Waals surface area contributed by atoms with Gasteiger partial charge < -0.3 is 15.7 Å². The van der Waals surface area contributed by atoms with Crippen molar-refractivity contribution in [2.45, 2.75) is 6.10 Å². The maximum Gasteiger partial charge on any atom is 0.269 e. The lowest BCUT2D eigenvalue weighted by atomic mass is 10.1. The molecule has 6 nitrogen and oxygen atoms in total. The Hall–Kier alpha value is -1.89. The molecular weight excluding hydrogens is 304 g/mol. The molecule has 1 aromatic heterocycles. The molecule has 1 aliphatic rings. The van der Waals surface area contributed by atoms with Gasteiger partial charge in [-0.25, -0.2) is 0 Å². The standard InChI is InChI=1S/C15H18N4O2.ClH/c20-14-9-16-7-11(14)8-17-15(21)13-6-12(18-19-13)10-4-2-1-3-5-10;/h1-6,11,14,16,20H,7-9H2,(H,17,21)(H,18,19);1H. The van der Waals surface area contributed by atoms with Crippen molar-refractivity contribution in [3.05, 3.63) is 42.1 Å². The van der Waals surface area contributed by atoms with Crippen LogP contribution in [0.3, 0.4) is 0 Å². The van der Waals surface area contributed by atoms with Gasteiger partial charge >= 0.3 is 0 Å². The van der Waals surface area contributed by atoms with Crippen molar-refractivity contribution in [1.82, 2.24) is 20.8 Å². The topological polar surface area (TPSA) is 90.0 Å². The van der Waals surface area contributed by atoms with E-state index < -0.39 is 6.10 Å². The predicted molar refractivity (Wildman–Crippen MR) is 86.0 cm³/mol. The molecular formula is C15H19ClN4O2. The Labute approximate surface area is 134 Å². The lowest BCUT2D eigenvalue weighted by Gasteiger charge is -2.13. The van der Waals surface area contributed by atoms with Crippen LogP contribution < -0.4 is 10.6 Å². The van der Waals surface area contributed by atoms with Gasteiger partial charge in [0, 0.05) is 31.1 Å². The number of carbonyl (C=O) groups excluding carboxylic acids is 1. The van der Waals surface area contributed by atoms with Gasteiger partial charge in [-0.2, -0.15) is 5.10 Å². The van der Waals surface area contributed by atoms with Crippen LogP contribution in [-0.2, 0) is 0 Å². The van der Waals surface area contributed by atoms with Crippen LogP contribution in [0.1, 0.15) is 10.5 Å². The molecule has 0 radical (unpaired) electrons. The van der Waals surface area contributed by atoms with E-state index >= 15 is 0 Å². The average molecular weight is 323 g/mol. The Morgan fingerprint density at radius 1 is 1.32 bits per heavy atom. The van der Waals surface area contributed by atoms with E-state index in [4.69, 9.17) is 0 Å². The van der Waals surface area contributed by atoms with Crippen LogP contribution in [0, 0.1) is 5.92 Å². The number of rotatable bonds is 4. The summed E-state index contributed by atoms with van der Waals surface area (Å²) in [4.78, 5) is 12.1. The number of carbonyl (C=O) groups is 1. The third-order valence-corrected chi connectivity index (χ3v) is 3.72. The normalized spacial score (nSPS) is 20.4. The van der Waals surface area contributed by atoms with Crippen molar-refractivity contribution in [3.63, 3.8) is 0 Å². The summed E-state index contributed by atoms with van der Waals surface area (Å²) in [5.74, 6) is -0.144. The molecule has 2 heterocycles. The maximum atomic E-state index is 12.1. The molecule has 118 valence electrons. The first kappa shape index (κ1) is 16.5. The summed E-state index contributed by atoms with van der Waals surface area (Å²) in [6.07, 6.45) is -0.396. The van der Waals surface area contributed by atoms with E-state index in [9.17, 15) is 9.90 Å². The molecule has 1 fully saturated rings. The summed E-state index contributed by atoms with van der Waals surface area (Å²) in [7, 11) is 0. The van der Waals surface area contributed by atoms with Crippen LogP contribution in [0.5, 0.6) is 0 Å². The van der Waals surface area contributed by atoms with Crippen molar-refractivity contribution in [3.8, 4) is 11.3 Å². The van der Waals surface area contributed by atoms with Crippen molar-refractivity contribution in [2.75, 3.05) is 19.6 Å². The summed E-state index contributed by atoms with van der Waals surface area (Å²) in [6, 6.07) is 11.4. The van der Waals surface area contributed by atoms with Gasteiger partial charge in [-0.05, 0) is 6.07 Å². The number of hydrogen-bond donors (Lipinski definition) is 4. The lowest BCUT2D eigenvalue weighted by Crippen LogP contribution is -2.34. The minimum atomic E-state index is -0.396. The van der Waals surface area contributed by atoms with Crippen molar-refractivity contribution < 1.29 is 9.90 Å². The second kappa shape index (κ2) is 7.40. The second-order valence-corrected chi connectivity index (χ2v) is 5.23. The Morgan fingerprint density at radius 2 is 2.09 bits per heavy atom. The van der Waals surface area contributed by atoms with Crippen molar-refractivity contribution in [2.24, 2.45) is 5.92 Å². The molecule has 1 saturated heterocycles. The van der Waals surface area contributed by atoms with Crippen LogP contribution in [0.25, 0.3) is 11.3 Å². The summed E-state index contributed by atoms with van der Waals surface area (Å²) in [5.41, 5.74) is 2.13. The van der Waals surface area contributed by atoms with Crippen LogP contribution in [0.15, 0.2) is 36.4 Å². The number of aromatic nitrogens is 2. The highest BCUT2D eigenvalue weighted by Crippen LogP contribution is 2.16. The van der Waals surface area contributed by atoms with Crippen LogP contribution in [0.2, 0.25) is 0 Å². The van der Waals surface area contributed by atoms with Crippen LogP contribution in [-0.4, -0.2) is 46.9 Å². The Bertz CT molecular complexity index is 617. The van der Waals surface area contributed by atoms with E-state index in [2.05, 4.69) is 20.8 Å². The Morgan fingerprint density at radius 3 is 2.77 bits per heavy atom. The van der Waals surface area contributed by atoms with E-state index in [1.54, 1.807) is 6.07 Å². The molecule has 2 atom stereocenters. The average Bonchev–Trinajstić information content (AvgIpc) is 3.15. The number of β-amino-alcohol motifs (C(OH)–C–C–N with tert-alkyl or cyclic N) is 1. The first-order valence-electron chi connectivity index (χ1n) is 7.02. The number of nitrogens with one attached hydrogen (secondary N) is 3. The molecule has 1 aliphatic heterocycles. The molecule has 1 aromatic carbocycles. The molecule has 2 unspecified atom stereocenters. The van der Waals surface area contributed by atoms with Gasteiger partial charge in [-0.1, -0.05) is 30.3 Å². The highest BCUT2D eigenvalue weighted by molar-refractivity contribution is 5.93. The van der Waals surface area contributed by atoms with E-state index in [0.29, 0.717) is 18.8 Å². The van der Waals surface area contributed by atoms with Crippen molar-refractivity contribution >= 4 is 18.3 Å². The number of aromatic amines is 1. The predicted octanol–water partition coefficient (Wildman–Crippen LogP) is 0.809. The number of benzene rings is 1. The smallest absolute Gasteiger partial charge is 0.269 e. The molecule has 22 heavy (non-hydrogen) atoms. The largest absolute Gasteiger partial charge is 0.391 e. The number of aliphatic hydroxyl groups is 1. The number of aliphatic hydroxyl groups excluding tert-OH is 1. The Balaban J connectivity index is 0.00000176. The zero-order valence-electron chi connectivity index (χ0n) is 12.0. The molecule has 7 heteroatoms. The fourth-order valence-electron chi connectivity index (χ4n) is 2.44. The van der Waals surface area contributed by atoms with Gasteiger partial charge in [0.25, 0.3) is 5.91 Å². The molecule has 0 aliphatic carbocycles. The van der Waals surface area contributed by atoms with Gasteiger partial charge in [0.05, 0.1) is 11.8 Å². The third kappa shape index (κ3) is 3.65. The highest BCUT2D eigenvalue weighted by Gasteiger charge is 2.25. The van der Waals surface area contributed by atoms with E-state index in [-0.39, 0.29) is 24.2 Å². The zero-order valence-corrected chi connectivity index (χ0v) is 12.8. The number of hydrogen-bond acceptors (Lipinski definition) is 4. The molecule has 3 rings (SSSR count). The number of amides is 1. The summed E-state index contributed by atoms with van der Waals surface area (Å²) in [6.45, 7) is 1.76. The molecule has 2 aromatic rings. The lowest BCUT2D eigenvalue weighted by molar-refractivity contribution is 0.0922. The summed E-state index contributed by atoms with van der Waals surface area (Å²) in [5, 5.41) is 22.5. The first-order chi connectivity index (χ1) is 10.2. The van der Waals surface area contributed by atoms with Crippen molar-refractivity contribution in [1.29, 1.82) is 0 Å². The molecule has 0 spiro atoms. The molecule has 1 amide bonds. The molecule has 0 saturated carbocycles. The SMILES string of the molecule is Cl.O=C(NCC1CNCC1O)c1cc(-c2ccccc2)n[nH]1. The van der Waals surface area contributed by atoms with Gasteiger partial charge in [0.15, 0.2) is 0 Å². The van der Waals surface area contributed by atoms with Gasteiger partial charge in [-0.15, -0.1) is 12.4 Å². The summed E-state index contributed by atoms with van der Waals surface area (Å²) >= 11 is 0. The third-order valence-electron chi connectivity index (χ3n) is 3.72. The molecule has 4 N–H and O–H groups in total. The Kier molecular flexibility index (Phi) is 5.54. The van der Waals surface area contributed by atoms with Crippen LogP contribution in [0.4, 0.5) is 0 Å². The van der Waals surface area contributed by atoms with Crippen LogP contribution >= 0.6 is 12.4 Å². The quantitative estimate of drug-likeness (QED) is 0.670. The molecule has 0 bridgehead atoms.